The summed E-state index contributed by atoms with van der Waals surface area (Å²) in [6.45, 7) is 0. The fourth-order valence-corrected chi connectivity index (χ4v) is 1.67. The first-order valence-electron chi connectivity index (χ1n) is 5.50. The minimum absolute atomic E-state index is 0.727. The van der Waals surface area contributed by atoms with Crippen LogP contribution in [0.5, 0.6) is 0 Å². The van der Waals surface area contributed by atoms with Crippen LogP contribution in [-0.2, 0) is 0 Å². The Morgan fingerprint density at radius 1 is 1.29 bits per heavy atom. The number of rotatable bonds is 2. The van der Waals surface area contributed by atoms with Crippen molar-refractivity contribution < 1.29 is 0 Å². The Bertz CT molecular complexity index is 460. The highest BCUT2D eigenvalue weighted by Crippen LogP contribution is 2.09. The van der Waals surface area contributed by atoms with Gasteiger partial charge < -0.3 is 4.90 Å². The maximum atomic E-state index is 5.80. The number of hydrogen-bond acceptors (Lipinski definition) is 2. The van der Waals surface area contributed by atoms with Gasteiger partial charge in [0, 0.05) is 24.7 Å². The molecule has 17 heavy (non-hydrogen) atoms. The normalized spacial score (nSPS) is 18.2. The Kier molecular flexibility index (Phi) is 3.94. The van der Waals surface area contributed by atoms with Crippen LogP contribution in [0.2, 0.25) is 5.02 Å². The molecule has 0 spiro atoms. The van der Waals surface area contributed by atoms with E-state index in [1.54, 1.807) is 6.21 Å². The number of hydrogen-bond donors (Lipinski definition) is 0. The molecule has 0 N–H and O–H groups in total. The molecular formula is C13H14ClN3. The van der Waals surface area contributed by atoms with E-state index in [-0.39, 0.29) is 0 Å². The summed E-state index contributed by atoms with van der Waals surface area (Å²) < 4.78 is 0. The fraction of sp³-hybridized carbons (Fsp3) is 0.231. The monoisotopic (exact) mass is 247 g/mol. The van der Waals surface area contributed by atoms with E-state index >= 15 is 0 Å². The Morgan fingerprint density at radius 2 is 2.06 bits per heavy atom. The number of benzene rings is 1. The molecule has 0 fully saturated rings. The third kappa shape index (κ3) is 3.43. The molecule has 0 bridgehead atoms. The van der Waals surface area contributed by atoms with E-state index in [9.17, 15) is 0 Å². The molecule has 1 aromatic rings. The zero-order valence-corrected chi connectivity index (χ0v) is 10.4. The van der Waals surface area contributed by atoms with Gasteiger partial charge in [-0.05, 0) is 24.1 Å². The first-order valence-corrected chi connectivity index (χ1v) is 5.88. The van der Waals surface area contributed by atoms with Gasteiger partial charge in [-0.3, -0.25) is 0 Å². The molecule has 0 aromatic heterocycles. The lowest BCUT2D eigenvalue weighted by Gasteiger charge is -2.18. The highest BCUT2D eigenvalue weighted by atomic mass is 35.5. The minimum atomic E-state index is 0.727. The summed E-state index contributed by atoms with van der Waals surface area (Å²) in [6, 6.07) is 7.50. The molecule has 1 aliphatic heterocycles. The van der Waals surface area contributed by atoms with E-state index < -0.39 is 0 Å². The van der Waals surface area contributed by atoms with Crippen LogP contribution in [0, 0.1) is 0 Å². The molecule has 1 aliphatic rings. The van der Waals surface area contributed by atoms with Crippen molar-refractivity contribution in [3.8, 4) is 0 Å². The van der Waals surface area contributed by atoms with Crippen molar-refractivity contribution in [2.24, 2.45) is 10.2 Å². The summed E-state index contributed by atoms with van der Waals surface area (Å²) in [5, 5.41) is 9.03. The van der Waals surface area contributed by atoms with Crippen molar-refractivity contribution in [3.63, 3.8) is 0 Å². The SMILES string of the molecule is CN1C=CCC/C1=N\N=C/c1ccc(Cl)cc1. The van der Waals surface area contributed by atoms with Crippen molar-refractivity contribution in [2.75, 3.05) is 7.05 Å². The first kappa shape index (κ1) is 11.9. The number of allylic oxidation sites excluding steroid dienone is 1. The van der Waals surface area contributed by atoms with Gasteiger partial charge in [-0.15, -0.1) is 5.10 Å². The van der Waals surface area contributed by atoms with Gasteiger partial charge in [0.1, 0.15) is 5.84 Å². The Hall–Kier alpha value is -1.61. The average molecular weight is 248 g/mol. The van der Waals surface area contributed by atoms with Gasteiger partial charge in [0.25, 0.3) is 0 Å². The highest BCUT2D eigenvalue weighted by molar-refractivity contribution is 6.30. The van der Waals surface area contributed by atoms with Gasteiger partial charge in [0.05, 0.1) is 6.21 Å². The lowest BCUT2D eigenvalue weighted by atomic mass is 10.2. The molecule has 1 aromatic carbocycles. The van der Waals surface area contributed by atoms with Crippen molar-refractivity contribution in [1.29, 1.82) is 0 Å². The molecule has 0 atom stereocenters. The standard InChI is InChI=1S/C13H14ClN3/c1-17-9-3-2-4-13(17)16-15-10-11-5-7-12(14)8-6-11/h3,5-10H,2,4H2,1H3/b15-10-,16-13+. The summed E-state index contributed by atoms with van der Waals surface area (Å²) >= 11 is 5.80. The van der Waals surface area contributed by atoms with Crippen LogP contribution in [0.3, 0.4) is 0 Å². The third-order valence-corrected chi connectivity index (χ3v) is 2.77. The summed E-state index contributed by atoms with van der Waals surface area (Å²) in [6.07, 6.45) is 7.84. The zero-order chi connectivity index (χ0) is 12.1. The van der Waals surface area contributed by atoms with E-state index in [0.29, 0.717) is 0 Å². The lowest BCUT2D eigenvalue weighted by molar-refractivity contribution is 0.636. The van der Waals surface area contributed by atoms with E-state index in [0.717, 1.165) is 29.3 Å². The van der Waals surface area contributed by atoms with E-state index in [4.69, 9.17) is 11.6 Å². The molecule has 0 amide bonds. The molecule has 88 valence electrons. The summed E-state index contributed by atoms with van der Waals surface area (Å²) in [4.78, 5) is 1.99. The number of halogens is 1. The highest BCUT2D eigenvalue weighted by Gasteiger charge is 2.06. The van der Waals surface area contributed by atoms with Gasteiger partial charge >= 0.3 is 0 Å². The molecule has 0 aliphatic carbocycles. The van der Waals surface area contributed by atoms with Crippen LogP contribution in [0.4, 0.5) is 0 Å². The summed E-state index contributed by atoms with van der Waals surface area (Å²) in [7, 11) is 1.98. The first-order chi connectivity index (χ1) is 8.25. The molecule has 1 heterocycles. The van der Waals surface area contributed by atoms with E-state index in [1.807, 2.05) is 42.4 Å². The zero-order valence-electron chi connectivity index (χ0n) is 9.68. The number of nitrogens with zero attached hydrogens (tertiary/aromatic N) is 3. The van der Waals surface area contributed by atoms with Crippen LogP contribution in [-0.4, -0.2) is 24.0 Å². The van der Waals surface area contributed by atoms with Gasteiger partial charge in [-0.2, -0.15) is 5.10 Å². The fourth-order valence-electron chi connectivity index (χ4n) is 1.54. The maximum absolute atomic E-state index is 5.80. The Balaban J connectivity index is 2.04. The summed E-state index contributed by atoms with van der Waals surface area (Å²) in [5.41, 5.74) is 0.993. The second kappa shape index (κ2) is 5.64. The lowest BCUT2D eigenvalue weighted by Crippen LogP contribution is -2.23. The maximum Gasteiger partial charge on any atom is 0.131 e. The molecule has 3 nitrogen and oxygen atoms in total. The van der Waals surface area contributed by atoms with Crippen molar-refractivity contribution in [3.05, 3.63) is 47.1 Å². The predicted molar refractivity (Wildman–Crippen MR) is 72.6 cm³/mol. The minimum Gasteiger partial charge on any atom is -0.338 e. The Morgan fingerprint density at radius 3 is 2.76 bits per heavy atom. The smallest absolute Gasteiger partial charge is 0.131 e. The van der Waals surface area contributed by atoms with E-state index in [1.165, 1.54) is 0 Å². The van der Waals surface area contributed by atoms with Crippen LogP contribution in [0.1, 0.15) is 18.4 Å². The molecule has 0 saturated heterocycles. The van der Waals surface area contributed by atoms with E-state index in [2.05, 4.69) is 16.3 Å². The molecule has 0 saturated carbocycles. The van der Waals surface area contributed by atoms with Crippen molar-refractivity contribution in [2.45, 2.75) is 12.8 Å². The van der Waals surface area contributed by atoms with Crippen LogP contribution < -0.4 is 0 Å². The Labute approximate surface area is 106 Å². The number of amidine groups is 1. The van der Waals surface area contributed by atoms with Crippen LogP contribution in [0.15, 0.2) is 46.7 Å². The van der Waals surface area contributed by atoms with Crippen molar-refractivity contribution in [1.82, 2.24) is 4.90 Å². The molecule has 2 rings (SSSR count). The van der Waals surface area contributed by atoms with Crippen LogP contribution in [0.25, 0.3) is 0 Å². The summed E-state index contributed by atoms with van der Waals surface area (Å²) in [5.74, 6) is 0.984. The third-order valence-electron chi connectivity index (χ3n) is 2.52. The van der Waals surface area contributed by atoms with Crippen molar-refractivity contribution >= 4 is 23.7 Å². The van der Waals surface area contributed by atoms with Gasteiger partial charge in [-0.25, -0.2) is 0 Å². The molecule has 0 unspecified atom stereocenters. The topological polar surface area (TPSA) is 28.0 Å². The molecular weight excluding hydrogens is 234 g/mol. The van der Waals surface area contributed by atoms with Gasteiger partial charge in [-0.1, -0.05) is 29.8 Å². The largest absolute Gasteiger partial charge is 0.338 e. The second-order valence-corrected chi connectivity index (χ2v) is 4.28. The predicted octanol–water partition coefficient (Wildman–Crippen LogP) is 3.31. The average Bonchev–Trinajstić information content (AvgIpc) is 2.34. The molecule has 0 radical (unpaired) electrons. The van der Waals surface area contributed by atoms with Gasteiger partial charge in [0.15, 0.2) is 0 Å². The molecule has 4 heteroatoms. The van der Waals surface area contributed by atoms with Crippen LogP contribution >= 0.6 is 11.6 Å². The van der Waals surface area contributed by atoms with Gasteiger partial charge in [0.2, 0.25) is 0 Å². The second-order valence-electron chi connectivity index (χ2n) is 3.85. The quantitative estimate of drug-likeness (QED) is 0.582.